The van der Waals surface area contributed by atoms with Gasteiger partial charge in [0, 0.05) is 24.7 Å². The van der Waals surface area contributed by atoms with Gasteiger partial charge in [-0.15, -0.1) is 0 Å². The number of nitrogens with two attached hydrogens (primary N) is 1. The zero-order chi connectivity index (χ0) is 14.9. The third-order valence-corrected chi connectivity index (χ3v) is 4.48. The van der Waals surface area contributed by atoms with E-state index in [0.29, 0.717) is 16.9 Å². The lowest BCUT2D eigenvalue weighted by atomic mass is 10.1. The van der Waals surface area contributed by atoms with Crippen molar-refractivity contribution in [3.63, 3.8) is 0 Å². The SMILES string of the molecule is Cc1c(N)cc(Br)cc1C(=O)Nc1cc(Br)ccc1Br. The van der Waals surface area contributed by atoms with Crippen molar-refractivity contribution >= 4 is 65.1 Å². The van der Waals surface area contributed by atoms with E-state index in [1.54, 1.807) is 12.1 Å². The van der Waals surface area contributed by atoms with Gasteiger partial charge in [0.25, 0.3) is 5.91 Å². The number of carbonyl (C=O) groups is 1. The molecule has 0 unspecified atom stereocenters. The summed E-state index contributed by atoms with van der Waals surface area (Å²) in [6, 6.07) is 9.12. The van der Waals surface area contributed by atoms with Crippen LogP contribution in [0.2, 0.25) is 0 Å². The molecule has 2 rings (SSSR count). The van der Waals surface area contributed by atoms with Gasteiger partial charge in [-0.3, -0.25) is 4.79 Å². The van der Waals surface area contributed by atoms with E-state index in [-0.39, 0.29) is 5.91 Å². The lowest BCUT2D eigenvalue weighted by Crippen LogP contribution is -2.14. The molecule has 0 radical (unpaired) electrons. The molecule has 0 atom stereocenters. The normalized spacial score (nSPS) is 10.4. The molecule has 3 N–H and O–H groups in total. The van der Waals surface area contributed by atoms with Gasteiger partial charge in [-0.2, -0.15) is 0 Å². The minimum absolute atomic E-state index is 0.200. The smallest absolute Gasteiger partial charge is 0.256 e. The fraction of sp³-hybridized carbons (Fsp3) is 0.0714. The van der Waals surface area contributed by atoms with Gasteiger partial charge in [-0.05, 0) is 58.7 Å². The molecule has 0 aliphatic heterocycles. The van der Waals surface area contributed by atoms with Crippen molar-refractivity contribution in [3.05, 3.63) is 54.9 Å². The number of anilines is 2. The summed E-state index contributed by atoms with van der Waals surface area (Å²) in [5.41, 5.74) is 8.46. The zero-order valence-corrected chi connectivity index (χ0v) is 15.3. The molecule has 0 saturated carbocycles. The van der Waals surface area contributed by atoms with Crippen molar-refractivity contribution in [2.45, 2.75) is 6.92 Å². The van der Waals surface area contributed by atoms with Crippen LogP contribution in [-0.4, -0.2) is 5.91 Å². The Kier molecular flexibility index (Phi) is 4.88. The number of hydrogen-bond acceptors (Lipinski definition) is 2. The average molecular weight is 463 g/mol. The van der Waals surface area contributed by atoms with E-state index < -0.39 is 0 Å². The molecule has 0 spiro atoms. The molecule has 3 nitrogen and oxygen atoms in total. The topological polar surface area (TPSA) is 55.1 Å². The van der Waals surface area contributed by atoms with Crippen LogP contribution in [0.5, 0.6) is 0 Å². The highest BCUT2D eigenvalue weighted by Crippen LogP contribution is 2.28. The van der Waals surface area contributed by atoms with E-state index in [4.69, 9.17) is 5.73 Å². The number of nitrogens with one attached hydrogen (secondary N) is 1. The molecule has 0 fully saturated rings. The second-order valence-electron chi connectivity index (χ2n) is 4.25. The molecule has 0 saturated heterocycles. The van der Waals surface area contributed by atoms with Crippen molar-refractivity contribution < 1.29 is 4.79 Å². The average Bonchev–Trinajstić information content (AvgIpc) is 2.38. The highest BCUT2D eigenvalue weighted by atomic mass is 79.9. The number of nitrogen functional groups attached to an aromatic ring is 1. The van der Waals surface area contributed by atoms with Gasteiger partial charge in [0.15, 0.2) is 0 Å². The Hall–Kier alpha value is -0.850. The molecule has 6 heteroatoms. The Morgan fingerprint density at radius 3 is 2.50 bits per heavy atom. The maximum atomic E-state index is 12.4. The maximum Gasteiger partial charge on any atom is 0.256 e. The molecule has 0 heterocycles. The highest BCUT2D eigenvalue weighted by molar-refractivity contribution is 9.11. The van der Waals surface area contributed by atoms with E-state index in [2.05, 4.69) is 53.1 Å². The molecule has 0 aromatic heterocycles. The molecule has 2 aromatic carbocycles. The summed E-state index contributed by atoms with van der Waals surface area (Å²) in [4.78, 5) is 12.4. The Morgan fingerprint density at radius 2 is 1.80 bits per heavy atom. The molecule has 104 valence electrons. The maximum absolute atomic E-state index is 12.4. The van der Waals surface area contributed by atoms with Gasteiger partial charge in [0.05, 0.1) is 5.69 Å². The lowest BCUT2D eigenvalue weighted by Gasteiger charge is -2.11. The summed E-state index contributed by atoms with van der Waals surface area (Å²) in [5.74, 6) is -0.200. The van der Waals surface area contributed by atoms with Crippen LogP contribution < -0.4 is 11.1 Å². The molecular formula is C14H11Br3N2O. The van der Waals surface area contributed by atoms with Crippen molar-refractivity contribution in [1.82, 2.24) is 0 Å². The molecule has 0 bridgehead atoms. The van der Waals surface area contributed by atoms with Gasteiger partial charge in [0.2, 0.25) is 0 Å². The molecule has 20 heavy (non-hydrogen) atoms. The van der Waals surface area contributed by atoms with Crippen molar-refractivity contribution in [2.24, 2.45) is 0 Å². The van der Waals surface area contributed by atoms with E-state index in [1.165, 1.54) is 0 Å². The molecule has 0 aliphatic rings. The van der Waals surface area contributed by atoms with Crippen LogP contribution in [0.25, 0.3) is 0 Å². The molecule has 1 amide bonds. The predicted molar refractivity (Wildman–Crippen MR) is 93.1 cm³/mol. The third-order valence-electron chi connectivity index (χ3n) is 2.83. The molecule has 0 aliphatic carbocycles. The summed E-state index contributed by atoms with van der Waals surface area (Å²) in [7, 11) is 0. The quantitative estimate of drug-likeness (QED) is 0.609. The Bertz CT molecular complexity index is 686. The first kappa shape index (κ1) is 15.5. The number of halogens is 3. The van der Waals surface area contributed by atoms with Gasteiger partial charge in [-0.25, -0.2) is 0 Å². The van der Waals surface area contributed by atoms with Gasteiger partial charge in [0.1, 0.15) is 0 Å². The monoisotopic (exact) mass is 460 g/mol. The second-order valence-corrected chi connectivity index (χ2v) is 6.93. The lowest BCUT2D eigenvalue weighted by molar-refractivity contribution is 0.102. The van der Waals surface area contributed by atoms with Crippen LogP contribution in [0.4, 0.5) is 11.4 Å². The van der Waals surface area contributed by atoms with Crippen LogP contribution in [-0.2, 0) is 0 Å². The largest absolute Gasteiger partial charge is 0.398 e. The Morgan fingerprint density at radius 1 is 1.10 bits per heavy atom. The number of benzene rings is 2. The van der Waals surface area contributed by atoms with Crippen LogP contribution in [0, 0.1) is 6.92 Å². The van der Waals surface area contributed by atoms with E-state index >= 15 is 0 Å². The van der Waals surface area contributed by atoms with E-state index in [9.17, 15) is 4.79 Å². The van der Waals surface area contributed by atoms with Gasteiger partial charge in [-0.1, -0.05) is 31.9 Å². The highest BCUT2D eigenvalue weighted by Gasteiger charge is 2.14. The zero-order valence-electron chi connectivity index (χ0n) is 10.5. The first-order valence-electron chi connectivity index (χ1n) is 5.70. The summed E-state index contributed by atoms with van der Waals surface area (Å²) < 4.78 is 2.48. The van der Waals surface area contributed by atoms with Gasteiger partial charge >= 0.3 is 0 Å². The van der Waals surface area contributed by atoms with Crippen molar-refractivity contribution in [1.29, 1.82) is 0 Å². The number of carbonyl (C=O) groups excluding carboxylic acids is 1. The summed E-state index contributed by atoms with van der Waals surface area (Å²) >= 11 is 10.1. The summed E-state index contributed by atoms with van der Waals surface area (Å²) in [6.45, 7) is 1.83. The Labute approximate surface area is 142 Å². The minimum Gasteiger partial charge on any atom is -0.398 e. The van der Waals surface area contributed by atoms with E-state index in [0.717, 1.165) is 19.0 Å². The number of amides is 1. The Balaban J connectivity index is 2.35. The van der Waals surface area contributed by atoms with Crippen LogP contribution in [0.15, 0.2) is 43.7 Å². The van der Waals surface area contributed by atoms with E-state index in [1.807, 2.05) is 25.1 Å². The summed E-state index contributed by atoms with van der Waals surface area (Å²) in [5, 5.41) is 2.87. The van der Waals surface area contributed by atoms with Crippen molar-refractivity contribution in [2.75, 3.05) is 11.1 Å². The third kappa shape index (κ3) is 3.42. The van der Waals surface area contributed by atoms with Gasteiger partial charge < -0.3 is 11.1 Å². The standard InChI is InChI=1S/C14H11Br3N2O/c1-7-10(4-9(16)5-12(7)18)14(20)19-13-6-8(15)2-3-11(13)17/h2-6H,18H2,1H3,(H,19,20). The predicted octanol–water partition coefficient (Wildman–Crippen LogP) is 5.12. The van der Waals surface area contributed by atoms with Crippen LogP contribution in [0.3, 0.4) is 0 Å². The fourth-order valence-corrected chi connectivity index (χ4v) is 2.90. The molecular weight excluding hydrogens is 452 g/mol. The molecule has 2 aromatic rings. The second kappa shape index (κ2) is 6.28. The van der Waals surface area contributed by atoms with Crippen molar-refractivity contribution in [3.8, 4) is 0 Å². The number of rotatable bonds is 2. The minimum atomic E-state index is -0.200. The van der Waals surface area contributed by atoms with Crippen LogP contribution in [0.1, 0.15) is 15.9 Å². The fourth-order valence-electron chi connectivity index (χ4n) is 1.72. The van der Waals surface area contributed by atoms with Crippen LogP contribution >= 0.6 is 47.8 Å². The first-order chi connectivity index (χ1) is 9.38. The first-order valence-corrected chi connectivity index (χ1v) is 8.08. The number of hydrogen-bond donors (Lipinski definition) is 2. The summed E-state index contributed by atoms with van der Waals surface area (Å²) in [6.07, 6.45) is 0.